The fraction of sp³-hybridized carbons (Fsp3) is 0.400. The molecule has 1 aliphatic carbocycles. The Balaban J connectivity index is 1.74. The summed E-state index contributed by atoms with van der Waals surface area (Å²) in [4.78, 5) is 19.3. The molecule has 0 saturated heterocycles. The molecule has 0 spiro atoms. The second-order valence-corrected chi connectivity index (χ2v) is 9.75. The predicted octanol–water partition coefficient (Wildman–Crippen LogP) is 7.87. The van der Waals surface area contributed by atoms with Crippen molar-refractivity contribution in [2.24, 2.45) is 0 Å². The van der Waals surface area contributed by atoms with Gasteiger partial charge in [0.05, 0.1) is 23.3 Å². The number of hydrogen-bond donors (Lipinski definition) is 1. The third kappa shape index (κ3) is 2.94. The maximum Gasteiger partial charge on any atom is 0.214 e. The normalized spacial score (nSPS) is 15.3. The van der Waals surface area contributed by atoms with Crippen molar-refractivity contribution in [3.8, 4) is 11.3 Å². The molecule has 3 aromatic heterocycles. The number of nitrogens with one attached hydrogen (secondary N) is 1. The van der Waals surface area contributed by atoms with E-state index in [-0.39, 0.29) is 0 Å². The van der Waals surface area contributed by atoms with Crippen LogP contribution in [0, 0.1) is 13.5 Å². The van der Waals surface area contributed by atoms with Crippen LogP contribution in [0.3, 0.4) is 0 Å². The van der Waals surface area contributed by atoms with Gasteiger partial charge in [-0.2, -0.15) is 0 Å². The number of rotatable bonds is 3. The highest BCUT2D eigenvalue weighted by molar-refractivity contribution is 7.19. The van der Waals surface area contributed by atoms with Gasteiger partial charge in [0.1, 0.15) is 4.83 Å². The maximum atomic E-state index is 7.47. The smallest absolute Gasteiger partial charge is 0.214 e. The van der Waals surface area contributed by atoms with Crippen molar-refractivity contribution >= 4 is 38.3 Å². The fourth-order valence-corrected chi connectivity index (χ4v) is 6.52. The Morgan fingerprint density at radius 2 is 1.83 bits per heavy atom. The third-order valence-electron chi connectivity index (χ3n) is 6.51. The van der Waals surface area contributed by atoms with Crippen LogP contribution in [0.4, 0.5) is 5.69 Å². The molecule has 3 heterocycles. The quantitative estimate of drug-likeness (QED) is 0.347. The van der Waals surface area contributed by atoms with Gasteiger partial charge in [0.15, 0.2) is 0 Å². The van der Waals surface area contributed by atoms with E-state index in [2.05, 4.69) is 40.6 Å². The molecule has 1 N–H and O–H groups in total. The molecule has 1 aromatic carbocycles. The first kappa shape index (κ1) is 19.3. The van der Waals surface area contributed by atoms with Crippen LogP contribution in [0.15, 0.2) is 24.5 Å². The minimum atomic E-state index is 0.383. The van der Waals surface area contributed by atoms with Gasteiger partial charge in [-0.05, 0) is 42.7 Å². The van der Waals surface area contributed by atoms with Gasteiger partial charge in [-0.15, -0.1) is 11.3 Å². The zero-order chi connectivity index (χ0) is 20.8. The number of hydrogen-bond acceptors (Lipinski definition) is 3. The minimum Gasteiger partial charge on any atom is -0.346 e. The number of benzene rings is 1. The summed E-state index contributed by atoms with van der Waals surface area (Å²) in [5, 5.41) is 1.40. The van der Waals surface area contributed by atoms with Crippen LogP contribution < -0.4 is 0 Å². The lowest BCUT2D eigenvalue weighted by atomic mass is 9.86. The van der Waals surface area contributed by atoms with E-state index in [9.17, 15) is 0 Å². The van der Waals surface area contributed by atoms with E-state index in [1.807, 2.05) is 23.5 Å². The van der Waals surface area contributed by atoms with E-state index >= 15 is 0 Å². The first-order valence-corrected chi connectivity index (χ1v) is 11.7. The zero-order valence-electron chi connectivity index (χ0n) is 17.7. The standard InChI is InChI=1S/C25H26N4S/c1-14(2)19-20-15(3)24(16-8-6-5-7-9-16)30-25(20)29-21(19)17-10-11-18(26-4)23-22(17)27-12-13-28-23/h10-14,16,29H,5-9H2,1-3H3. The maximum absolute atomic E-state index is 7.47. The predicted molar refractivity (Wildman–Crippen MR) is 126 cm³/mol. The fourth-order valence-electron chi connectivity index (χ4n) is 5.13. The van der Waals surface area contributed by atoms with Crippen LogP contribution in [0.25, 0.3) is 37.4 Å². The summed E-state index contributed by atoms with van der Waals surface area (Å²) in [7, 11) is 0. The molecule has 5 rings (SSSR count). The number of fused-ring (bicyclic) bond motifs is 2. The van der Waals surface area contributed by atoms with Gasteiger partial charge in [0.2, 0.25) is 5.69 Å². The Morgan fingerprint density at radius 3 is 2.53 bits per heavy atom. The highest BCUT2D eigenvalue weighted by Gasteiger charge is 2.26. The Hall–Kier alpha value is -2.71. The molecule has 1 aliphatic rings. The topological polar surface area (TPSA) is 45.9 Å². The van der Waals surface area contributed by atoms with Gasteiger partial charge >= 0.3 is 0 Å². The number of H-pyrrole nitrogens is 1. The monoisotopic (exact) mass is 414 g/mol. The van der Waals surface area contributed by atoms with Crippen molar-refractivity contribution in [3.05, 3.63) is 51.9 Å². The molecule has 1 saturated carbocycles. The van der Waals surface area contributed by atoms with Crippen molar-refractivity contribution in [2.75, 3.05) is 0 Å². The van der Waals surface area contributed by atoms with Crippen molar-refractivity contribution in [3.63, 3.8) is 0 Å². The Labute approximate surface area is 181 Å². The number of aromatic amines is 1. The number of aromatic nitrogens is 3. The average Bonchev–Trinajstić information content (AvgIpc) is 3.30. The van der Waals surface area contributed by atoms with E-state index in [0.29, 0.717) is 17.1 Å². The summed E-state index contributed by atoms with van der Waals surface area (Å²) in [5.41, 5.74) is 7.02. The van der Waals surface area contributed by atoms with Crippen molar-refractivity contribution < 1.29 is 0 Å². The molecule has 4 nitrogen and oxygen atoms in total. The minimum absolute atomic E-state index is 0.383. The molecule has 0 atom stereocenters. The van der Waals surface area contributed by atoms with Gasteiger partial charge in [-0.3, -0.25) is 9.97 Å². The van der Waals surface area contributed by atoms with Crippen LogP contribution in [0.2, 0.25) is 0 Å². The second kappa shape index (κ2) is 7.52. The van der Waals surface area contributed by atoms with Gasteiger partial charge in [-0.25, -0.2) is 4.85 Å². The lowest BCUT2D eigenvalue weighted by Crippen LogP contribution is -2.04. The molecule has 0 aliphatic heterocycles. The summed E-state index contributed by atoms with van der Waals surface area (Å²) >= 11 is 1.95. The van der Waals surface area contributed by atoms with Crippen LogP contribution in [0.1, 0.15) is 73.8 Å². The molecule has 5 heteroatoms. The SMILES string of the molecule is [C-]#[N+]c1ccc(-c2[nH]c3sc(C4CCCCC4)c(C)c3c2C(C)C)c2nccnc12. The van der Waals surface area contributed by atoms with Crippen molar-refractivity contribution in [1.82, 2.24) is 15.0 Å². The molecule has 30 heavy (non-hydrogen) atoms. The van der Waals surface area contributed by atoms with Crippen LogP contribution in [-0.4, -0.2) is 15.0 Å². The largest absolute Gasteiger partial charge is 0.346 e. The molecule has 0 bridgehead atoms. The molecule has 0 unspecified atom stereocenters. The van der Waals surface area contributed by atoms with Crippen molar-refractivity contribution in [2.45, 2.75) is 64.7 Å². The summed E-state index contributed by atoms with van der Waals surface area (Å²) in [6.07, 6.45) is 10.1. The summed E-state index contributed by atoms with van der Waals surface area (Å²) < 4.78 is 0. The Kier molecular flexibility index (Phi) is 4.83. The highest BCUT2D eigenvalue weighted by atomic mass is 32.1. The summed E-state index contributed by atoms with van der Waals surface area (Å²) in [5.74, 6) is 1.10. The van der Waals surface area contributed by atoms with Gasteiger partial charge < -0.3 is 4.98 Å². The van der Waals surface area contributed by atoms with Crippen LogP contribution in [-0.2, 0) is 0 Å². The lowest BCUT2D eigenvalue weighted by Gasteiger charge is -2.21. The van der Waals surface area contributed by atoms with Crippen molar-refractivity contribution in [1.29, 1.82) is 0 Å². The molecule has 1 fully saturated rings. The van der Waals surface area contributed by atoms with Gasteiger partial charge in [0, 0.05) is 28.2 Å². The number of thiophene rings is 1. The Morgan fingerprint density at radius 1 is 1.10 bits per heavy atom. The summed E-state index contributed by atoms with van der Waals surface area (Å²) in [6, 6.07) is 3.90. The van der Waals surface area contributed by atoms with E-state index in [1.54, 1.807) is 17.3 Å². The molecule has 4 aromatic rings. The Bertz CT molecular complexity index is 1280. The van der Waals surface area contributed by atoms with Gasteiger partial charge in [-0.1, -0.05) is 45.2 Å². The van der Waals surface area contributed by atoms with E-state index < -0.39 is 0 Å². The van der Waals surface area contributed by atoms with E-state index in [1.165, 1.54) is 53.4 Å². The second-order valence-electron chi connectivity index (χ2n) is 8.70. The van der Waals surface area contributed by atoms with Crippen LogP contribution >= 0.6 is 11.3 Å². The number of aryl methyl sites for hydroxylation is 1. The first-order chi connectivity index (χ1) is 14.6. The highest BCUT2D eigenvalue weighted by Crippen LogP contribution is 2.47. The zero-order valence-corrected chi connectivity index (χ0v) is 18.6. The molecular weight excluding hydrogens is 388 g/mol. The van der Waals surface area contributed by atoms with E-state index in [4.69, 9.17) is 6.57 Å². The molecule has 152 valence electrons. The molecule has 0 amide bonds. The molecular formula is C25H26N4S. The average molecular weight is 415 g/mol. The number of nitrogens with zero attached hydrogens (tertiary/aromatic N) is 3. The first-order valence-electron chi connectivity index (χ1n) is 10.9. The van der Waals surface area contributed by atoms with Crippen LogP contribution in [0.5, 0.6) is 0 Å². The molecule has 0 radical (unpaired) electrons. The van der Waals surface area contributed by atoms with E-state index in [0.717, 1.165) is 22.7 Å². The summed E-state index contributed by atoms with van der Waals surface area (Å²) in [6.45, 7) is 14.3. The lowest BCUT2D eigenvalue weighted by molar-refractivity contribution is 0.447. The third-order valence-corrected chi connectivity index (χ3v) is 7.88. The van der Waals surface area contributed by atoms with Gasteiger partial charge in [0.25, 0.3) is 0 Å².